The second-order valence-corrected chi connectivity index (χ2v) is 7.27. The van der Waals surface area contributed by atoms with Crippen molar-refractivity contribution in [3.8, 4) is 17.5 Å². The van der Waals surface area contributed by atoms with Gasteiger partial charge in [-0.1, -0.05) is 48.2 Å². The van der Waals surface area contributed by atoms with Gasteiger partial charge in [-0.2, -0.15) is 5.26 Å². The minimum atomic E-state index is -0.145. The van der Waals surface area contributed by atoms with E-state index >= 15 is 0 Å². The Morgan fingerprint density at radius 1 is 1.07 bits per heavy atom. The molecular formula is C23H17N3O2S. The van der Waals surface area contributed by atoms with Crippen LogP contribution >= 0.6 is 11.8 Å². The molecule has 0 spiro atoms. The maximum absolute atomic E-state index is 13.3. The lowest BCUT2D eigenvalue weighted by Gasteiger charge is -2.15. The van der Waals surface area contributed by atoms with E-state index in [1.165, 1.54) is 11.8 Å². The monoisotopic (exact) mass is 399 g/mol. The van der Waals surface area contributed by atoms with E-state index in [-0.39, 0.29) is 5.56 Å². The van der Waals surface area contributed by atoms with Gasteiger partial charge in [0.2, 0.25) is 0 Å². The van der Waals surface area contributed by atoms with E-state index in [0.29, 0.717) is 38.8 Å². The van der Waals surface area contributed by atoms with Crippen LogP contribution in [0.4, 0.5) is 0 Å². The summed E-state index contributed by atoms with van der Waals surface area (Å²) in [4.78, 5) is 18.1. The Labute approximate surface area is 172 Å². The van der Waals surface area contributed by atoms with Crippen molar-refractivity contribution in [2.75, 3.05) is 7.11 Å². The van der Waals surface area contributed by atoms with Crippen LogP contribution in [0.25, 0.3) is 16.6 Å². The summed E-state index contributed by atoms with van der Waals surface area (Å²) in [5.74, 6) is 1.18. The topological polar surface area (TPSA) is 67.9 Å². The predicted octanol–water partition coefficient (Wildman–Crippen LogP) is 4.56. The standard InChI is InChI=1S/C23H17N3O2S/c1-28-21-12-5-4-11-20(21)26-22(27)18-9-2-3-10-19(18)25-23(26)29-15-17-8-6-7-16(13-17)14-24/h2-13H,15H2,1H3. The number of hydrogen-bond acceptors (Lipinski definition) is 5. The zero-order chi connectivity index (χ0) is 20.2. The van der Waals surface area contributed by atoms with Gasteiger partial charge in [-0.15, -0.1) is 0 Å². The summed E-state index contributed by atoms with van der Waals surface area (Å²) in [6.45, 7) is 0. The lowest BCUT2D eigenvalue weighted by atomic mass is 10.2. The molecule has 5 nitrogen and oxygen atoms in total. The lowest BCUT2D eigenvalue weighted by Crippen LogP contribution is -2.22. The Balaban J connectivity index is 1.85. The Hall–Kier alpha value is -3.56. The van der Waals surface area contributed by atoms with E-state index in [1.54, 1.807) is 23.8 Å². The molecule has 4 rings (SSSR count). The number of benzene rings is 3. The summed E-state index contributed by atoms with van der Waals surface area (Å²) in [6.07, 6.45) is 0. The van der Waals surface area contributed by atoms with Gasteiger partial charge in [0.15, 0.2) is 5.16 Å². The van der Waals surface area contributed by atoms with Crippen molar-refractivity contribution in [3.05, 3.63) is 94.3 Å². The van der Waals surface area contributed by atoms with Gasteiger partial charge in [0, 0.05) is 5.75 Å². The fourth-order valence-electron chi connectivity index (χ4n) is 3.11. The van der Waals surface area contributed by atoms with Gasteiger partial charge >= 0.3 is 0 Å². The van der Waals surface area contributed by atoms with Crippen molar-refractivity contribution in [1.29, 1.82) is 5.26 Å². The van der Waals surface area contributed by atoms with Gasteiger partial charge in [-0.25, -0.2) is 4.98 Å². The molecule has 4 aromatic rings. The van der Waals surface area contributed by atoms with Gasteiger partial charge in [0.05, 0.1) is 35.3 Å². The predicted molar refractivity (Wildman–Crippen MR) is 115 cm³/mol. The first kappa shape index (κ1) is 18.8. The third-order valence-electron chi connectivity index (χ3n) is 4.50. The Morgan fingerprint density at radius 3 is 2.69 bits per heavy atom. The van der Waals surface area contributed by atoms with Gasteiger partial charge < -0.3 is 4.74 Å². The zero-order valence-electron chi connectivity index (χ0n) is 15.7. The first-order chi connectivity index (χ1) is 14.2. The number of para-hydroxylation sites is 3. The summed E-state index contributed by atoms with van der Waals surface area (Å²) in [5.41, 5.74) is 2.75. The summed E-state index contributed by atoms with van der Waals surface area (Å²) < 4.78 is 7.08. The molecule has 0 amide bonds. The van der Waals surface area contributed by atoms with Crippen LogP contribution in [0.15, 0.2) is 82.7 Å². The highest BCUT2D eigenvalue weighted by Crippen LogP contribution is 2.28. The molecule has 0 fully saturated rings. The number of nitriles is 1. The van der Waals surface area contributed by atoms with Crippen molar-refractivity contribution < 1.29 is 4.74 Å². The molecule has 0 atom stereocenters. The molecular weight excluding hydrogens is 382 g/mol. The number of hydrogen-bond donors (Lipinski definition) is 0. The highest BCUT2D eigenvalue weighted by molar-refractivity contribution is 7.98. The number of nitrogens with zero attached hydrogens (tertiary/aromatic N) is 3. The fraction of sp³-hybridized carbons (Fsp3) is 0.0870. The molecule has 0 saturated heterocycles. The number of fused-ring (bicyclic) bond motifs is 1. The number of methoxy groups -OCH3 is 1. The van der Waals surface area contributed by atoms with Crippen LogP contribution in [-0.2, 0) is 5.75 Å². The van der Waals surface area contributed by atoms with Gasteiger partial charge in [-0.05, 0) is 42.0 Å². The van der Waals surface area contributed by atoms with Gasteiger partial charge in [0.25, 0.3) is 5.56 Å². The highest BCUT2D eigenvalue weighted by Gasteiger charge is 2.16. The van der Waals surface area contributed by atoms with Crippen molar-refractivity contribution in [2.24, 2.45) is 0 Å². The maximum Gasteiger partial charge on any atom is 0.266 e. The molecule has 0 radical (unpaired) electrons. The van der Waals surface area contributed by atoms with Crippen LogP contribution < -0.4 is 10.3 Å². The van der Waals surface area contributed by atoms with Crippen LogP contribution in [0.3, 0.4) is 0 Å². The quantitative estimate of drug-likeness (QED) is 0.364. The zero-order valence-corrected chi connectivity index (χ0v) is 16.5. The Bertz CT molecular complexity index is 1290. The molecule has 29 heavy (non-hydrogen) atoms. The molecule has 142 valence electrons. The van der Waals surface area contributed by atoms with Crippen LogP contribution in [-0.4, -0.2) is 16.7 Å². The summed E-state index contributed by atoms with van der Waals surface area (Å²) in [5, 5.41) is 10.2. The molecule has 0 bridgehead atoms. The van der Waals surface area contributed by atoms with E-state index in [4.69, 9.17) is 15.0 Å². The molecule has 1 aromatic heterocycles. The second-order valence-electron chi connectivity index (χ2n) is 6.32. The van der Waals surface area contributed by atoms with E-state index in [9.17, 15) is 4.79 Å². The van der Waals surface area contributed by atoms with Gasteiger partial charge in [-0.3, -0.25) is 9.36 Å². The highest BCUT2D eigenvalue weighted by atomic mass is 32.2. The lowest BCUT2D eigenvalue weighted by molar-refractivity contribution is 0.411. The fourth-order valence-corrected chi connectivity index (χ4v) is 4.06. The van der Waals surface area contributed by atoms with E-state index in [0.717, 1.165) is 5.56 Å². The molecule has 0 aliphatic heterocycles. The number of rotatable bonds is 5. The third kappa shape index (κ3) is 3.73. The van der Waals surface area contributed by atoms with Crippen LogP contribution in [0, 0.1) is 11.3 Å². The molecule has 3 aromatic carbocycles. The van der Waals surface area contributed by atoms with Crippen LogP contribution in [0.5, 0.6) is 5.75 Å². The third-order valence-corrected chi connectivity index (χ3v) is 5.50. The molecule has 0 unspecified atom stereocenters. The molecule has 0 aliphatic carbocycles. The second kappa shape index (κ2) is 8.21. The first-order valence-electron chi connectivity index (χ1n) is 8.98. The molecule has 0 saturated carbocycles. The Kier molecular flexibility index (Phi) is 5.32. The normalized spacial score (nSPS) is 10.6. The average Bonchev–Trinajstić information content (AvgIpc) is 2.78. The summed E-state index contributed by atoms with van der Waals surface area (Å²) in [7, 11) is 1.58. The Morgan fingerprint density at radius 2 is 1.86 bits per heavy atom. The number of thioether (sulfide) groups is 1. The molecule has 1 heterocycles. The van der Waals surface area contributed by atoms with Crippen molar-refractivity contribution >= 4 is 22.7 Å². The van der Waals surface area contributed by atoms with E-state index in [1.807, 2.05) is 60.7 Å². The molecule has 6 heteroatoms. The van der Waals surface area contributed by atoms with E-state index in [2.05, 4.69) is 6.07 Å². The minimum Gasteiger partial charge on any atom is -0.495 e. The van der Waals surface area contributed by atoms with Crippen LogP contribution in [0.2, 0.25) is 0 Å². The molecule has 0 aliphatic rings. The van der Waals surface area contributed by atoms with Crippen molar-refractivity contribution in [1.82, 2.24) is 9.55 Å². The SMILES string of the molecule is COc1ccccc1-n1c(SCc2cccc(C#N)c2)nc2ccccc2c1=O. The average molecular weight is 399 g/mol. The molecule has 0 N–H and O–H groups in total. The largest absolute Gasteiger partial charge is 0.495 e. The van der Waals surface area contributed by atoms with Crippen molar-refractivity contribution in [3.63, 3.8) is 0 Å². The first-order valence-corrected chi connectivity index (χ1v) is 9.97. The number of ether oxygens (including phenoxy) is 1. The smallest absolute Gasteiger partial charge is 0.266 e. The van der Waals surface area contributed by atoms with Crippen molar-refractivity contribution in [2.45, 2.75) is 10.9 Å². The number of aromatic nitrogens is 2. The summed E-state index contributed by atoms with van der Waals surface area (Å²) in [6, 6.07) is 24.3. The minimum absolute atomic E-state index is 0.145. The van der Waals surface area contributed by atoms with Gasteiger partial charge in [0.1, 0.15) is 5.75 Å². The van der Waals surface area contributed by atoms with Crippen LogP contribution in [0.1, 0.15) is 11.1 Å². The van der Waals surface area contributed by atoms with E-state index < -0.39 is 0 Å². The maximum atomic E-state index is 13.3. The summed E-state index contributed by atoms with van der Waals surface area (Å²) >= 11 is 1.45.